The van der Waals surface area contributed by atoms with Crippen LogP contribution in [-0.2, 0) is 0 Å². The van der Waals surface area contributed by atoms with Crippen LogP contribution in [0.15, 0.2) is 248 Å². The summed E-state index contributed by atoms with van der Waals surface area (Å²) in [6, 6.07) is 61.1. The van der Waals surface area contributed by atoms with Gasteiger partial charge in [0.2, 0.25) is 29.1 Å². The maximum Gasteiger partial charge on any atom is 0.252 e. The number of ether oxygens (including phenoxy) is 2. The van der Waals surface area contributed by atoms with E-state index >= 15 is 0 Å². The van der Waals surface area contributed by atoms with Gasteiger partial charge in [0.05, 0.1) is 59.3 Å². The van der Waals surface area contributed by atoms with Crippen LogP contribution in [0.1, 0.15) is 15.9 Å². The van der Waals surface area contributed by atoms with Crippen molar-refractivity contribution in [3.05, 3.63) is 259 Å². The number of hydrogen-bond donors (Lipinski definition) is 3. The summed E-state index contributed by atoms with van der Waals surface area (Å²) in [5.74, 6) is 2.55. The Bertz CT molecular complexity index is 6120. The van der Waals surface area contributed by atoms with Gasteiger partial charge >= 0.3 is 0 Å². The molecule has 0 spiro atoms. The number of benzene rings is 5. The number of amides is 1. The molecule has 106 heavy (non-hydrogen) atoms. The average Bonchev–Trinajstić information content (AvgIpc) is 1.66. The van der Waals surface area contributed by atoms with E-state index in [-0.39, 0.29) is 5.56 Å². The van der Waals surface area contributed by atoms with Crippen molar-refractivity contribution in [3.63, 3.8) is 0 Å². The van der Waals surface area contributed by atoms with E-state index in [2.05, 4.69) is 140 Å². The van der Waals surface area contributed by atoms with Crippen LogP contribution in [-0.4, -0.2) is 161 Å². The van der Waals surface area contributed by atoms with Crippen LogP contribution in [0.4, 0.5) is 0 Å². The first-order valence-electron chi connectivity index (χ1n) is 31.6. The number of aromatic nitrogens is 28. The van der Waals surface area contributed by atoms with E-state index in [0.717, 1.165) is 54.2 Å². The molecule has 0 radical (unpaired) electrons. The highest BCUT2D eigenvalue weighted by atomic mass is 79.9. The number of nitrogens with zero attached hydrogens (tertiary/aromatic N) is 28. The first kappa shape index (κ1) is 67.5. The van der Waals surface area contributed by atoms with E-state index in [0.29, 0.717) is 86.0 Å². The summed E-state index contributed by atoms with van der Waals surface area (Å²) < 4.78 is 12.9. The number of tetrazole rings is 5. The highest BCUT2D eigenvalue weighted by Crippen LogP contribution is 2.28. The van der Waals surface area contributed by atoms with Crippen LogP contribution in [0.2, 0.25) is 0 Å². The highest BCUT2D eigenvalue weighted by molar-refractivity contribution is 9.10. The van der Waals surface area contributed by atoms with Crippen LogP contribution >= 0.6 is 15.9 Å². The largest absolute Gasteiger partial charge is 0.496 e. The number of nitriles is 2. The van der Waals surface area contributed by atoms with Crippen LogP contribution in [0.3, 0.4) is 0 Å². The third-order valence-corrected chi connectivity index (χ3v) is 16.0. The van der Waals surface area contributed by atoms with Crippen LogP contribution < -0.4 is 15.2 Å². The summed E-state index contributed by atoms with van der Waals surface area (Å²) in [5.41, 5.74) is 15.9. The predicted molar refractivity (Wildman–Crippen MR) is 386 cm³/mol. The van der Waals surface area contributed by atoms with Gasteiger partial charge in [-0.1, -0.05) is 42.5 Å². The zero-order valence-corrected chi connectivity index (χ0v) is 56.9. The number of rotatable bonds is 13. The van der Waals surface area contributed by atoms with Crippen molar-refractivity contribution in [2.75, 3.05) is 14.2 Å². The van der Waals surface area contributed by atoms with E-state index in [4.69, 9.17) is 25.7 Å². The summed E-state index contributed by atoms with van der Waals surface area (Å²) in [4.78, 5) is 45.8. The second-order valence-corrected chi connectivity index (χ2v) is 22.8. The van der Waals surface area contributed by atoms with E-state index < -0.39 is 5.91 Å². The fourth-order valence-corrected chi connectivity index (χ4v) is 10.7. The first-order chi connectivity index (χ1) is 52.1. The fourth-order valence-electron chi connectivity index (χ4n) is 10.2. The lowest BCUT2D eigenvalue weighted by Crippen LogP contribution is -2.13. The third-order valence-electron chi connectivity index (χ3n) is 15.4. The van der Waals surface area contributed by atoms with E-state index in [9.17, 15) is 4.79 Å². The van der Waals surface area contributed by atoms with Gasteiger partial charge in [0.15, 0.2) is 6.19 Å². The lowest BCUT2D eigenvalue weighted by atomic mass is 10.1. The molecule has 13 aromatic heterocycles. The number of primary amides is 1. The van der Waals surface area contributed by atoms with Gasteiger partial charge in [0.1, 0.15) is 46.0 Å². The van der Waals surface area contributed by atoms with Gasteiger partial charge in [-0.2, -0.15) is 10.5 Å². The minimum atomic E-state index is -0.566. The molecular weight excluding hydrogens is 1410 g/mol. The molecule has 0 unspecified atom stereocenters. The quantitative estimate of drug-likeness (QED) is 0.0966. The van der Waals surface area contributed by atoms with Gasteiger partial charge < -0.3 is 25.2 Å². The van der Waals surface area contributed by atoms with Crippen molar-refractivity contribution >= 4 is 54.5 Å². The molecule has 0 saturated carbocycles. The molecule has 18 aromatic rings. The summed E-state index contributed by atoms with van der Waals surface area (Å²) in [5, 5.41) is 83.1. The Hall–Kier alpha value is -15.7. The Kier molecular flexibility index (Phi) is 19.9. The number of pyridine rings is 5. The summed E-state index contributed by atoms with van der Waals surface area (Å²) in [7, 11) is 2.97. The Labute approximate surface area is 605 Å². The summed E-state index contributed by atoms with van der Waals surface area (Å²) in [6.45, 7) is 0. The maximum absolute atomic E-state index is 11.3. The van der Waals surface area contributed by atoms with E-state index in [1.54, 1.807) is 91.8 Å². The van der Waals surface area contributed by atoms with Gasteiger partial charge in [-0.25, -0.2) is 0 Å². The predicted octanol–water partition coefficient (Wildman–Crippen LogP) is 9.62. The van der Waals surface area contributed by atoms with Crippen molar-refractivity contribution < 1.29 is 14.3 Å². The SMILES string of the molecule is Brc1c[nH]c2cc(-n3nnc(-c4ccccn4)n3)ccc12.COc1cc(-n2nnc(-c3ccccn3)n2)ccc1C#N.COc1cc(-n2nnc(-c3ccccn3)n2)ccc1C(N)=O.N#Cn1ccc2ccc(-n3nnc(-c4ccccn4)n3)cc21.c1ccc(-c2nnn(-c3ccc4cc[nH]c4c3)n2)nc1. The zero-order valence-electron chi connectivity index (χ0n) is 55.3. The standard InChI is InChI=1S/C15H9N7.C14H9BrN6.C14H12N6O2.C14H10N6O.C14H10N6/c16-10-21-8-6-11-4-5-12(9-14(11)21)22-19-15(18-20-22)13-3-1-2-7-17-13;15-11-8-17-13-7-9(4-5-10(11)13)21-19-14(18-20-21)12-3-1-2-6-16-12;1-22-12-8-9(5-6-10(12)13(15)21)20-18-14(17-19-20)11-4-2-3-7-16-11;1-21-13-8-11(6-5-10(13)9-15)20-18-14(17-19-20)12-4-2-3-7-16-12;1-2-7-15-12(3-1)14-17-19-20(18-14)11-5-4-10-6-8-16-13(10)9-11/h1-9H;1-8,17H;2-8H,1H3,(H2,15,21);2-8H,1H3;1-9,16H. The number of nitrogens with one attached hydrogen (secondary N) is 2. The third kappa shape index (κ3) is 15.2. The second kappa shape index (κ2) is 31.3. The van der Waals surface area contributed by atoms with Gasteiger partial charge in [-0.05, 0) is 187 Å². The zero-order chi connectivity index (χ0) is 72.7. The van der Waals surface area contributed by atoms with Crippen molar-refractivity contribution in [2.24, 2.45) is 5.73 Å². The van der Waals surface area contributed by atoms with Crippen molar-refractivity contribution in [1.29, 1.82) is 10.5 Å². The number of H-pyrrole nitrogens is 2. The Balaban J connectivity index is 0.000000111. The number of fused-ring (bicyclic) bond motifs is 3. The minimum Gasteiger partial charge on any atom is -0.496 e. The van der Waals surface area contributed by atoms with Gasteiger partial charge in [-0.15, -0.1) is 75.0 Å². The lowest BCUT2D eigenvalue weighted by molar-refractivity contribution is 0.0997. The van der Waals surface area contributed by atoms with Crippen LogP contribution in [0, 0.1) is 22.8 Å². The topological polar surface area (TPSA) is 428 Å². The molecular formula is C71H50BrN31O3. The number of hydrogen-bond acceptors (Lipinski definition) is 25. The molecule has 0 bridgehead atoms. The van der Waals surface area contributed by atoms with Crippen LogP contribution in [0.5, 0.6) is 11.5 Å². The molecule has 0 aliphatic carbocycles. The molecule has 514 valence electrons. The number of aromatic amines is 2. The van der Waals surface area contributed by atoms with Crippen molar-refractivity contribution in [1.82, 2.24) is 140 Å². The molecule has 5 aromatic carbocycles. The van der Waals surface area contributed by atoms with E-state index in [1.165, 1.54) is 42.8 Å². The smallest absolute Gasteiger partial charge is 0.252 e. The van der Waals surface area contributed by atoms with Crippen LogP contribution in [0.25, 0.3) is 119 Å². The molecule has 0 saturated heterocycles. The molecule has 34 nitrogen and oxygen atoms in total. The monoisotopic (exact) mass is 1460 g/mol. The molecule has 4 N–H and O–H groups in total. The van der Waals surface area contributed by atoms with Gasteiger partial charge in [-0.3, -0.25) is 34.3 Å². The van der Waals surface area contributed by atoms with Gasteiger partial charge in [0, 0.05) is 88.0 Å². The Morgan fingerprint density at radius 3 is 1.27 bits per heavy atom. The number of nitrogens with two attached hydrogens (primary N) is 1. The molecule has 35 heteroatoms. The normalized spacial score (nSPS) is 10.7. The molecule has 18 rings (SSSR count). The lowest BCUT2D eigenvalue weighted by Gasteiger charge is -2.07. The molecule has 1 amide bonds. The van der Waals surface area contributed by atoms with Crippen molar-refractivity contribution in [2.45, 2.75) is 0 Å². The number of methoxy groups -OCH3 is 2. The highest BCUT2D eigenvalue weighted by Gasteiger charge is 2.17. The summed E-state index contributed by atoms with van der Waals surface area (Å²) >= 11 is 3.49. The molecule has 0 atom stereocenters. The number of carbonyl (C=O) groups is 1. The second-order valence-electron chi connectivity index (χ2n) is 22.0. The number of carbonyl (C=O) groups excluding carboxylic acids is 1. The molecule has 0 fully saturated rings. The molecule has 13 heterocycles. The maximum atomic E-state index is 11.3. The Morgan fingerprint density at radius 1 is 0.443 bits per heavy atom. The molecule has 0 aliphatic heterocycles. The average molecular weight is 1470 g/mol. The van der Waals surface area contributed by atoms with Crippen molar-refractivity contribution in [3.8, 4) is 110 Å². The van der Waals surface area contributed by atoms with E-state index in [1.807, 2.05) is 152 Å². The van der Waals surface area contributed by atoms with Gasteiger partial charge in [0.25, 0.3) is 5.91 Å². The molecule has 0 aliphatic rings. The fraction of sp³-hybridized carbons (Fsp3) is 0.0282. The Morgan fingerprint density at radius 2 is 0.849 bits per heavy atom. The number of halogens is 1. The summed E-state index contributed by atoms with van der Waals surface area (Å²) in [6.07, 6.45) is 16.1. The minimum absolute atomic E-state index is 0.288. The first-order valence-corrected chi connectivity index (χ1v) is 32.4.